The van der Waals surface area contributed by atoms with Crippen LogP contribution in [-0.2, 0) is 4.79 Å². The van der Waals surface area contributed by atoms with Gasteiger partial charge in [-0.1, -0.05) is 12.6 Å². The second-order valence-electron chi connectivity index (χ2n) is 10.4. The first kappa shape index (κ1) is 25.5. The van der Waals surface area contributed by atoms with Gasteiger partial charge in [0.1, 0.15) is 18.2 Å². The molecule has 1 spiro atoms. The molecule has 3 aliphatic rings. The smallest absolute Gasteiger partial charge is 0.320 e. The third-order valence-corrected chi connectivity index (χ3v) is 7.74. The first-order chi connectivity index (χ1) is 18.3. The van der Waals surface area contributed by atoms with Crippen molar-refractivity contribution in [2.45, 2.75) is 25.3 Å². The number of nitrogens with two attached hydrogens (primary N) is 1. The van der Waals surface area contributed by atoms with Crippen molar-refractivity contribution in [3.8, 4) is 12.1 Å². The standard InChI is InChI=1S/C27H32N8O3/c1-3-22(36)35-16-27(17-35)9-11-34(15-27)25-21(13-28)24(30-19-7-4-6-18(12-19)23(29)37)31-26(32-25)38-14-20-8-5-10-33(20)2/h3-4,6-7,12,20H,1,5,8-11,14-17H2,2H3,(H2,29,37)(H,30,31,32)/t20-/m0/s1. The zero-order chi connectivity index (χ0) is 26.9. The number of nitrogens with zero attached hydrogens (tertiary/aromatic N) is 6. The van der Waals surface area contributed by atoms with E-state index < -0.39 is 5.91 Å². The Labute approximate surface area is 221 Å². The third-order valence-electron chi connectivity index (χ3n) is 7.74. The first-order valence-corrected chi connectivity index (χ1v) is 12.8. The minimum Gasteiger partial charge on any atom is -0.462 e. The number of nitriles is 1. The Kier molecular flexibility index (Phi) is 6.91. The molecule has 0 saturated carbocycles. The molecule has 0 bridgehead atoms. The zero-order valence-corrected chi connectivity index (χ0v) is 21.5. The Morgan fingerprint density at radius 1 is 1.32 bits per heavy atom. The van der Waals surface area contributed by atoms with Crippen LogP contribution in [0, 0.1) is 16.7 Å². The van der Waals surface area contributed by atoms with Gasteiger partial charge in [-0.25, -0.2) is 0 Å². The molecule has 3 saturated heterocycles. The average molecular weight is 517 g/mol. The molecule has 1 aromatic heterocycles. The number of rotatable bonds is 8. The highest BCUT2D eigenvalue weighted by atomic mass is 16.5. The van der Waals surface area contributed by atoms with Crippen LogP contribution in [0.1, 0.15) is 35.2 Å². The summed E-state index contributed by atoms with van der Waals surface area (Å²) in [5.41, 5.74) is 6.61. The summed E-state index contributed by atoms with van der Waals surface area (Å²) in [4.78, 5) is 39.1. The van der Waals surface area contributed by atoms with Crippen LogP contribution in [0.5, 0.6) is 6.01 Å². The van der Waals surface area contributed by atoms with Gasteiger partial charge < -0.3 is 30.5 Å². The monoisotopic (exact) mass is 516 g/mol. The molecule has 1 aromatic carbocycles. The average Bonchev–Trinajstić information content (AvgIpc) is 3.52. The fourth-order valence-electron chi connectivity index (χ4n) is 5.59. The number of ether oxygens (including phenoxy) is 1. The second kappa shape index (κ2) is 10.3. The van der Waals surface area contributed by atoms with Crippen LogP contribution in [0.15, 0.2) is 36.9 Å². The fraction of sp³-hybridized carbons (Fsp3) is 0.444. The van der Waals surface area contributed by atoms with E-state index >= 15 is 0 Å². The van der Waals surface area contributed by atoms with Gasteiger partial charge in [0.05, 0.1) is 0 Å². The maximum absolute atomic E-state index is 12.0. The van der Waals surface area contributed by atoms with Crippen LogP contribution >= 0.6 is 0 Å². The van der Waals surface area contributed by atoms with Gasteiger partial charge in [-0.2, -0.15) is 15.2 Å². The lowest BCUT2D eigenvalue weighted by Crippen LogP contribution is -2.59. The quantitative estimate of drug-likeness (QED) is 0.503. The van der Waals surface area contributed by atoms with Crippen molar-refractivity contribution in [1.29, 1.82) is 5.26 Å². The lowest BCUT2D eigenvalue weighted by atomic mass is 9.79. The Bertz CT molecular complexity index is 1300. The largest absolute Gasteiger partial charge is 0.462 e. The molecule has 3 N–H and O–H groups in total. The maximum atomic E-state index is 12.0. The number of aromatic nitrogens is 2. The predicted molar refractivity (Wildman–Crippen MR) is 142 cm³/mol. The van der Waals surface area contributed by atoms with Crippen LogP contribution in [0.3, 0.4) is 0 Å². The van der Waals surface area contributed by atoms with Crippen LogP contribution in [-0.4, -0.2) is 84.0 Å². The summed E-state index contributed by atoms with van der Waals surface area (Å²) >= 11 is 0. The number of primary amides is 1. The highest BCUT2D eigenvalue weighted by molar-refractivity contribution is 5.94. The number of amides is 2. The number of carbonyl (C=O) groups is 2. The molecule has 11 nitrogen and oxygen atoms in total. The number of hydrogen-bond donors (Lipinski definition) is 2. The predicted octanol–water partition coefficient (Wildman–Crippen LogP) is 1.89. The summed E-state index contributed by atoms with van der Waals surface area (Å²) in [6.07, 6.45) is 4.39. The summed E-state index contributed by atoms with van der Waals surface area (Å²) in [6, 6.07) is 9.45. The number of hydrogen-bond acceptors (Lipinski definition) is 9. The number of likely N-dealkylation sites (N-methyl/N-ethyl adjacent to an activating group) is 1. The molecule has 11 heteroatoms. The summed E-state index contributed by atoms with van der Waals surface area (Å²) in [7, 11) is 2.08. The maximum Gasteiger partial charge on any atom is 0.320 e. The van der Waals surface area contributed by atoms with Crippen molar-refractivity contribution < 1.29 is 14.3 Å². The number of anilines is 3. The van der Waals surface area contributed by atoms with Gasteiger partial charge >= 0.3 is 6.01 Å². The summed E-state index contributed by atoms with van der Waals surface area (Å²) in [5.74, 6) is 0.184. The van der Waals surface area contributed by atoms with E-state index in [2.05, 4.69) is 39.8 Å². The molecule has 3 aliphatic heterocycles. The summed E-state index contributed by atoms with van der Waals surface area (Å²) in [6.45, 7) is 7.73. The minimum absolute atomic E-state index is 0.0344. The molecule has 4 heterocycles. The SMILES string of the molecule is C=CC(=O)N1CC2(CCN(c3nc(OC[C@@H]4CCCN4C)nc(Nc4cccc(C(N)=O)c4)c3C#N)C2)C1. The van der Waals surface area contributed by atoms with E-state index in [0.29, 0.717) is 55.7 Å². The Balaban J connectivity index is 1.44. The van der Waals surface area contributed by atoms with Gasteiger partial charge in [-0.15, -0.1) is 0 Å². The van der Waals surface area contributed by atoms with E-state index in [4.69, 9.17) is 15.5 Å². The number of carbonyl (C=O) groups excluding carboxylic acids is 2. The van der Waals surface area contributed by atoms with E-state index in [-0.39, 0.29) is 28.9 Å². The highest BCUT2D eigenvalue weighted by Gasteiger charge is 2.49. The van der Waals surface area contributed by atoms with E-state index in [1.165, 1.54) is 6.08 Å². The van der Waals surface area contributed by atoms with Gasteiger partial charge in [0.15, 0.2) is 11.6 Å². The van der Waals surface area contributed by atoms with Crippen LogP contribution in [0.25, 0.3) is 0 Å². The number of benzene rings is 1. The molecule has 2 amide bonds. The lowest BCUT2D eigenvalue weighted by Gasteiger charge is -2.47. The molecule has 0 radical (unpaired) electrons. The Morgan fingerprint density at radius 2 is 2.13 bits per heavy atom. The van der Waals surface area contributed by atoms with E-state index in [1.54, 1.807) is 29.2 Å². The number of nitrogens with one attached hydrogen (secondary N) is 1. The van der Waals surface area contributed by atoms with Crippen molar-refractivity contribution in [2.24, 2.45) is 11.1 Å². The van der Waals surface area contributed by atoms with Gasteiger partial charge in [0.25, 0.3) is 0 Å². The molecule has 5 rings (SSSR count). The van der Waals surface area contributed by atoms with Gasteiger partial charge in [-0.3, -0.25) is 9.59 Å². The van der Waals surface area contributed by atoms with Crippen LogP contribution in [0.2, 0.25) is 0 Å². The van der Waals surface area contributed by atoms with Gasteiger partial charge in [0, 0.05) is 48.9 Å². The molecule has 0 unspecified atom stereocenters. The van der Waals surface area contributed by atoms with Crippen molar-refractivity contribution in [1.82, 2.24) is 19.8 Å². The Hall–Kier alpha value is -4.17. The van der Waals surface area contributed by atoms with Crippen LogP contribution in [0.4, 0.5) is 17.3 Å². The Morgan fingerprint density at radius 3 is 2.82 bits per heavy atom. The first-order valence-electron chi connectivity index (χ1n) is 12.8. The van der Waals surface area contributed by atoms with Crippen molar-refractivity contribution in [3.05, 3.63) is 48.0 Å². The van der Waals surface area contributed by atoms with Crippen LogP contribution < -0.4 is 20.7 Å². The topological polar surface area (TPSA) is 141 Å². The number of likely N-dealkylation sites (tertiary alicyclic amines) is 2. The normalized spacial score (nSPS) is 20.2. The second-order valence-corrected chi connectivity index (χ2v) is 10.4. The molecule has 38 heavy (non-hydrogen) atoms. The highest BCUT2D eigenvalue weighted by Crippen LogP contribution is 2.42. The van der Waals surface area contributed by atoms with Crippen molar-refractivity contribution >= 4 is 29.1 Å². The van der Waals surface area contributed by atoms with E-state index in [9.17, 15) is 14.9 Å². The molecule has 1 atom stereocenters. The molecule has 3 fully saturated rings. The van der Waals surface area contributed by atoms with Crippen molar-refractivity contribution in [2.75, 3.05) is 56.6 Å². The molecule has 0 aliphatic carbocycles. The van der Waals surface area contributed by atoms with E-state index in [0.717, 1.165) is 25.8 Å². The molecule has 198 valence electrons. The molecular weight excluding hydrogens is 484 g/mol. The summed E-state index contributed by atoms with van der Waals surface area (Å²) < 4.78 is 6.08. The van der Waals surface area contributed by atoms with Gasteiger partial charge in [-0.05, 0) is 57.1 Å². The minimum atomic E-state index is -0.547. The molecular formula is C27H32N8O3. The van der Waals surface area contributed by atoms with Gasteiger partial charge in [0.2, 0.25) is 11.8 Å². The van der Waals surface area contributed by atoms with Crippen molar-refractivity contribution in [3.63, 3.8) is 0 Å². The third kappa shape index (κ3) is 4.99. The lowest BCUT2D eigenvalue weighted by molar-refractivity contribution is -0.136. The fourth-order valence-corrected chi connectivity index (χ4v) is 5.59. The van der Waals surface area contributed by atoms with E-state index in [1.807, 2.05) is 0 Å². The summed E-state index contributed by atoms with van der Waals surface area (Å²) in [5, 5.41) is 13.3. The molecule has 2 aromatic rings. The zero-order valence-electron chi connectivity index (χ0n) is 21.5.